The number of pyridine rings is 1. The van der Waals surface area contributed by atoms with Gasteiger partial charge in [0.2, 0.25) is 5.91 Å². The summed E-state index contributed by atoms with van der Waals surface area (Å²) in [4.78, 5) is 33.2. The van der Waals surface area contributed by atoms with Crippen LogP contribution >= 0.6 is 12.4 Å². The molecule has 2 rings (SSSR count). The van der Waals surface area contributed by atoms with Crippen molar-refractivity contribution in [2.75, 3.05) is 6.54 Å². The van der Waals surface area contributed by atoms with Crippen LogP contribution in [-0.4, -0.2) is 28.0 Å². The molecule has 1 amide bonds. The molecular formula is C12H17ClN4O4. The predicted molar refractivity (Wildman–Crippen MR) is 78.3 cm³/mol. The van der Waals surface area contributed by atoms with Crippen LogP contribution in [-0.2, 0) is 11.3 Å². The largest absolute Gasteiger partial charge is 0.353 e. The first-order valence-corrected chi connectivity index (χ1v) is 6.34. The second-order valence-electron chi connectivity index (χ2n) is 4.92. The molecule has 8 nitrogen and oxygen atoms in total. The zero-order chi connectivity index (χ0) is 14.7. The summed E-state index contributed by atoms with van der Waals surface area (Å²) in [7, 11) is 0. The number of carbonyl (C=O) groups is 1. The number of aromatic nitrogens is 1. The first kappa shape index (κ1) is 17.1. The molecule has 0 spiro atoms. The van der Waals surface area contributed by atoms with Crippen molar-refractivity contribution in [2.24, 2.45) is 11.7 Å². The molecule has 0 aliphatic heterocycles. The van der Waals surface area contributed by atoms with Gasteiger partial charge in [0.15, 0.2) is 0 Å². The van der Waals surface area contributed by atoms with Crippen molar-refractivity contribution in [3.63, 3.8) is 0 Å². The summed E-state index contributed by atoms with van der Waals surface area (Å²) >= 11 is 0. The first-order valence-electron chi connectivity index (χ1n) is 6.34. The van der Waals surface area contributed by atoms with Crippen molar-refractivity contribution in [3.8, 4) is 0 Å². The minimum atomic E-state index is -0.614. The Balaban J connectivity index is 0.00000220. The van der Waals surface area contributed by atoms with Crippen LogP contribution in [0.4, 0.5) is 5.69 Å². The Labute approximate surface area is 126 Å². The summed E-state index contributed by atoms with van der Waals surface area (Å²) < 4.78 is 1.01. The highest BCUT2D eigenvalue weighted by Gasteiger charge is 2.28. The summed E-state index contributed by atoms with van der Waals surface area (Å²) in [6.07, 6.45) is 3.23. The van der Waals surface area contributed by atoms with E-state index in [0.29, 0.717) is 12.5 Å². The van der Waals surface area contributed by atoms with Crippen molar-refractivity contribution in [1.82, 2.24) is 9.88 Å². The van der Waals surface area contributed by atoms with E-state index in [1.54, 1.807) is 0 Å². The highest BCUT2D eigenvalue weighted by atomic mass is 35.5. The molecule has 0 saturated heterocycles. The number of nitrogens with two attached hydrogens (primary N) is 1. The van der Waals surface area contributed by atoms with Crippen LogP contribution in [0.15, 0.2) is 23.1 Å². The van der Waals surface area contributed by atoms with Gasteiger partial charge < -0.3 is 11.1 Å². The van der Waals surface area contributed by atoms with E-state index < -0.39 is 10.5 Å². The number of amides is 1. The first-order chi connectivity index (χ1) is 9.47. The smallest absolute Gasteiger partial charge is 0.285 e. The quantitative estimate of drug-likeness (QED) is 0.566. The van der Waals surface area contributed by atoms with Crippen LogP contribution < -0.4 is 16.6 Å². The fourth-order valence-corrected chi connectivity index (χ4v) is 1.88. The number of rotatable bonds is 6. The van der Waals surface area contributed by atoms with Crippen molar-refractivity contribution in [1.29, 1.82) is 0 Å². The molecular weight excluding hydrogens is 300 g/mol. The summed E-state index contributed by atoms with van der Waals surface area (Å²) in [5.74, 6) is 0.0829. The van der Waals surface area contributed by atoms with E-state index in [2.05, 4.69) is 5.32 Å². The molecule has 1 aromatic rings. The van der Waals surface area contributed by atoms with Gasteiger partial charge >= 0.3 is 0 Å². The maximum atomic E-state index is 11.7. The fourth-order valence-electron chi connectivity index (χ4n) is 1.88. The molecule has 1 fully saturated rings. The monoisotopic (exact) mass is 316 g/mol. The highest BCUT2D eigenvalue weighted by molar-refractivity contribution is 5.85. The van der Waals surface area contributed by atoms with Gasteiger partial charge in [0, 0.05) is 24.7 Å². The molecule has 1 heterocycles. The lowest BCUT2D eigenvalue weighted by molar-refractivity contribution is -0.385. The molecule has 1 aliphatic carbocycles. The lowest BCUT2D eigenvalue weighted by Crippen LogP contribution is -2.40. The Bertz CT molecular complexity index is 585. The topological polar surface area (TPSA) is 120 Å². The molecule has 1 unspecified atom stereocenters. The molecule has 1 atom stereocenters. The van der Waals surface area contributed by atoms with Gasteiger partial charge in [-0.05, 0) is 18.8 Å². The van der Waals surface area contributed by atoms with Crippen LogP contribution in [0, 0.1) is 16.0 Å². The average Bonchev–Trinajstić information content (AvgIpc) is 3.22. The molecule has 1 aliphatic rings. The highest BCUT2D eigenvalue weighted by Crippen LogP contribution is 2.31. The molecule has 3 N–H and O–H groups in total. The van der Waals surface area contributed by atoms with Crippen LogP contribution in [0.3, 0.4) is 0 Å². The van der Waals surface area contributed by atoms with Crippen LogP contribution in [0.1, 0.15) is 12.8 Å². The third-order valence-electron chi connectivity index (χ3n) is 3.26. The van der Waals surface area contributed by atoms with Crippen molar-refractivity contribution < 1.29 is 9.72 Å². The van der Waals surface area contributed by atoms with Gasteiger partial charge in [0.1, 0.15) is 6.54 Å². The molecule has 0 aromatic carbocycles. The SMILES string of the molecule is Cl.NC(CNC(=O)Cn1cc([N+](=O)[O-])ccc1=O)C1CC1. The van der Waals surface area contributed by atoms with Gasteiger partial charge in [-0.2, -0.15) is 0 Å². The number of carbonyl (C=O) groups excluding carboxylic acids is 1. The third kappa shape index (κ3) is 4.83. The molecule has 9 heteroatoms. The van der Waals surface area contributed by atoms with Gasteiger partial charge in [-0.15, -0.1) is 12.4 Å². The Kier molecular flexibility index (Phi) is 5.86. The van der Waals surface area contributed by atoms with Crippen LogP contribution in [0.2, 0.25) is 0 Å². The summed E-state index contributed by atoms with van der Waals surface area (Å²) in [6, 6.07) is 2.11. The number of hydrogen-bond donors (Lipinski definition) is 2. The van der Waals surface area contributed by atoms with Gasteiger partial charge in [-0.1, -0.05) is 0 Å². The predicted octanol–water partition coefficient (Wildman–Crippen LogP) is 0.0318. The fraction of sp³-hybridized carbons (Fsp3) is 0.500. The van der Waals surface area contributed by atoms with Gasteiger partial charge in [-0.25, -0.2) is 0 Å². The van der Waals surface area contributed by atoms with Crippen molar-refractivity contribution in [2.45, 2.75) is 25.4 Å². The van der Waals surface area contributed by atoms with E-state index in [0.717, 1.165) is 35.7 Å². The number of nitrogens with one attached hydrogen (secondary N) is 1. The van der Waals surface area contributed by atoms with E-state index in [1.165, 1.54) is 0 Å². The third-order valence-corrected chi connectivity index (χ3v) is 3.26. The molecule has 0 bridgehead atoms. The lowest BCUT2D eigenvalue weighted by atomic mass is 10.2. The van der Waals surface area contributed by atoms with Gasteiger partial charge in [0.05, 0.1) is 11.1 Å². The van der Waals surface area contributed by atoms with E-state index in [9.17, 15) is 19.7 Å². The molecule has 0 radical (unpaired) electrons. The molecule has 21 heavy (non-hydrogen) atoms. The number of halogens is 1. The van der Waals surface area contributed by atoms with Gasteiger partial charge in [0.25, 0.3) is 11.2 Å². The van der Waals surface area contributed by atoms with Crippen molar-refractivity contribution >= 4 is 24.0 Å². The Morgan fingerprint density at radius 1 is 1.52 bits per heavy atom. The number of nitro groups is 1. The Morgan fingerprint density at radius 2 is 2.19 bits per heavy atom. The van der Waals surface area contributed by atoms with E-state index in [4.69, 9.17) is 5.73 Å². The molecule has 1 saturated carbocycles. The second kappa shape index (κ2) is 7.19. The minimum absolute atomic E-state index is 0. The normalized spacial score (nSPS) is 14.9. The van der Waals surface area contributed by atoms with Crippen LogP contribution in [0.25, 0.3) is 0 Å². The van der Waals surface area contributed by atoms with Gasteiger partial charge in [-0.3, -0.25) is 24.3 Å². The number of nitrogens with zero attached hydrogens (tertiary/aromatic N) is 2. The number of hydrogen-bond acceptors (Lipinski definition) is 5. The second-order valence-corrected chi connectivity index (χ2v) is 4.92. The van der Waals surface area contributed by atoms with Crippen LogP contribution in [0.5, 0.6) is 0 Å². The Hall–Kier alpha value is -1.93. The standard InChI is InChI=1S/C12H16N4O4.ClH/c13-10(8-1-2-8)5-14-11(17)7-15-6-9(16(19)20)3-4-12(15)18;/h3-4,6,8,10H,1-2,5,7,13H2,(H,14,17);1H. The Morgan fingerprint density at radius 3 is 2.76 bits per heavy atom. The summed E-state index contributed by atoms with van der Waals surface area (Å²) in [6.45, 7) is 0.102. The summed E-state index contributed by atoms with van der Waals surface area (Å²) in [5.41, 5.74) is 5.15. The molecule has 1 aromatic heterocycles. The maximum absolute atomic E-state index is 11.7. The minimum Gasteiger partial charge on any atom is -0.353 e. The zero-order valence-corrected chi connectivity index (χ0v) is 12.0. The van der Waals surface area contributed by atoms with E-state index in [1.807, 2.05) is 0 Å². The van der Waals surface area contributed by atoms with E-state index in [-0.39, 0.29) is 36.6 Å². The summed E-state index contributed by atoms with van der Waals surface area (Å²) in [5, 5.41) is 13.3. The molecule has 116 valence electrons. The lowest BCUT2D eigenvalue weighted by Gasteiger charge is -2.12. The van der Waals surface area contributed by atoms with E-state index >= 15 is 0 Å². The van der Waals surface area contributed by atoms with Crippen molar-refractivity contribution in [3.05, 3.63) is 38.8 Å². The average molecular weight is 317 g/mol. The maximum Gasteiger partial charge on any atom is 0.285 e. The zero-order valence-electron chi connectivity index (χ0n) is 11.2.